The highest BCUT2D eigenvalue weighted by Gasteiger charge is 2.69. The molecule has 2 aliphatic heterocycles. The van der Waals surface area contributed by atoms with Crippen LogP contribution in [-0.2, 0) is 47.8 Å². The van der Waals surface area contributed by atoms with Crippen molar-refractivity contribution in [2.75, 3.05) is 27.2 Å². The molecule has 8 rings (SSSR count). The molecule has 0 radical (unpaired) electrons. The third kappa shape index (κ3) is 11.0. The van der Waals surface area contributed by atoms with E-state index in [4.69, 9.17) is 4.74 Å². The Labute approximate surface area is 388 Å². The second-order valence-electron chi connectivity index (χ2n) is 18.4. The van der Waals surface area contributed by atoms with E-state index in [2.05, 4.69) is 5.32 Å². The Morgan fingerprint density at radius 2 is 1.14 bits per heavy atom. The average molecular weight is 942 g/mol. The Kier molecular flexibility index (Phi) is 15.6. The minimum Gasteiger partial charge on any atom is -0.444 e. The number of nitrogens with one attached hydrogen (secondary N) is 1. The van der Waals surface area contributed by atoms with Crippen LogP contribution < -0.4 is 5.32 Å². The number of Topliss-reactive ketones (excluding diaryl/α,β-unsaturated/α-hetero) is 2. The van der Waals surface area contributed by atoms with Crippen molar-refractivity contribution in [3.05, 3.63) is 143 Å². The Morgan fingerprint density at radius 3 is 1.62 bits per heavy atom. The lowest BCUT2D eigenvalue weighted by Crippen LogP contribution is -2.47. The van der Waals surface area contributed by atoms with Crippen LogP contribution in [0.25, 0.3) is 0 Å². The van der Waals surface area contributed by atoms with Crippen LogP contribution in [0.15, 0.2) is 97.1 Å². The summed E-state index contributed by atoms with van der Waals surface area (Å²) < 4.78 is 62.0. The molecule has 1 N–H and O–H groups in total. The van der Waals surface area contributed by atoms with Gasteiger partial charge < -0.3 is 19.9 Å². The summed E-state index contributed by atoms with van der Waals surface area (Å²) >= 11 is 0. The molecule has 4 aliphatic rings. The van der Waals surface area contributed by atoms with Gasteiger partial charge >= 0.3 is 6.09 Å². The molecule has 0 bridgehead atoms. The third-order valence-corrected chi connectivity index (χ3v) is 12.7. The van der Waals surface area contributed by atoms with Gasteiger partial charge in [-0.25, -0.2) is 22.4 Å². The number of carbonyl (C=O) groups is 5. The van der Waals surface area contributed by atoms with Crippen LogP contribution in [0.4, 0.5) is 22.4 Å². The molecule has 3 amide bonds. The van der Waals surface area contributed by atoms with Crippen molar-refractivity contribution in [1.29, 1.82) is 0 Å². The van der Waals surface area contributed by atoms with Gasteiger partial charge in [-0.1, -0.05) is 60.7 Å². The van der Waals surface area contributed by atoms with Crippen LogP contribution >= 0.6 is 24.8 Å². The van der Waals surface area contributed by atoms with E-state index >= 15 is 0 Å². The highest BCUT2D eigenvalue weighted by atomic mass is 35.5. The number of nitrogens with zero attached hydrogens (tertiary/aromatic N) is 3. The van der Waals surface area contributed by atoms with E-state index in [9.17, 15) is 41.5 Å². The predicted octanol–water partition coefficient (Wildman–Crippen LogP) is 8.12. The lowest BCUT2D eigenvalue weighted by Gasteiger charge is -2.30. The van der Waals surface area contributed by atoms with E-state index in [0.29, 0.717) is 38.0 Å². The van der Waals surface area contributed by atoms with Crippen molar-refractivity contribution in [3.63, 3.8) is 0 Å². The summed E-state index contributed by atoms with van der Waals surface area (Å²) in [5.41, 5.74) is 0.183. The summed E-state index contributed by atoms with van der Waals surface area (Å²) in [7, 11) is 3.29. The second-order valence-corrected chi connectivity index (χ2v) is 18.4. The van der Waals surface area contributed by atoms with Crippen molar-refractivity contribution >= 4 is 54.3 Å². The molecule has 4 fully saturated rings. The third-order valence-electron chi connectivity index (χ3n) is 12.7. The molecule has 2 saturated carbocycles. The number of rotatable bonds is 12. The largest absolute Gasteiger partial charge is 0.444 e. The maximum Gasteiger partial charge on any atom is 0.410 e. The smallest absolute Gasteiger partial charge is 0.410 e. The molecule has 4 aromatic rings. The molecular weight excluding hydrogens is 887 g/mol. The number of ketones is 2. The zero-order chi connectivity index (χ0) is 45.4. The molecule has 65 heavy (non-hydrogen) atoms. The highest BCUT2D eigenvalue weighted by molar-refractivity contribution is 6.03. The molecule has 2 heterocycles. The number of ether oxygens (including phenoxy) is 1. The molecule has 0 aromatic heterocycles. The van der Waals surface area contributed by atoms with E-state index in [1.165, 1.54) is 20.8 Å². The van der Waals surface area contributed by atoms with Gasteiger partial charge in [0.25, 0.3) is 0 Å². The van der Waals surface area contributed by atoms with Crippen LogP contribution in [0.2, 0.25) is 0 Å². The van der Waals surface area contributed by atoms with E-state index in [1.54, 1.807) is 34.9 Å². The number of likely N-dealkylation sites (tertiary alicyclic amines) is 1. The van der Waals surface area contributed by atoms with Gasteiger partial charge in [0.05, 0.1) is 24.9 Å². The SMILES string of the molecule is CN(Cc1ccccc1)C(=O)CC(=O)C1NC[C@@]2(c3cc(F)ccc3F)C[C@@H]12.CN(Cc1ccccc1)C(=O)CC(=O)C1[C@@H]2C[C@]2(c2cc(F)ccc2F)CN1C(=O)OC(C)(C)C.Cl.Cl. The molecule has 348 valence electrons. The Morgan fingerprint density at radius 1 is 0.677 bits per heavy atom. The zero-order valence-corrected chi connectivity index (χ0v) is 38.5. The standard InChI is InChI=1S/C27H30F2N2O4.C22H22F2N2O2.2ClH/c1-26(2,3)35-25(34)31-16-27(19-12-18(28)10-11-21(19)29)14-20(27)24(31)22(32)13-23(33)30(4)15-17-8-6-5-7-9-17;1-26(12-14-5-3-2-4-6-14)20(28)10-19(27)21-17-11-22(17,13-25-21)16-9-15(23)7-8-18(16)24;;/h5-12,20,24H,13-16H2,1-4H3;2-9,17,21,25H,10-13H2,1H3;2*1H/t20-,24?,27+;17-,21?,22+;;/m00../s1. The van der Waals surface area contributed by atoms with E-state index in [1.807, 2.05) is 60.7 Å². The maximum atomic E-state index is 14.7. The first-order chi connectivity index (χ1) is 29.8. The fourth-order valence-electron chi connectivity index (χ4n) is 9.42. The summed E-state index contributed by atoms with van der Waals surface area (Å²) in [6.45, 7) is 6.36. The predicted molar refractivity (Wildman–Crippen MR) is 240 cm³/mol. The van der Waals surface area contributed by atoms with Gasteiger partial charge in [-0.3, -0.25) is 24.1 Å². The minimum absolute atomic E-state index is 0. The summed E-state index contributed by atoms with van der Waals surface area (Å²) in [4.78, 5) is 68.7. The summed E-state index contributed by atoms with van der Waals surface area (Å²) in [5.74, 6) is -3.84. The Bertz CT molecular complexity index is 2410. The number of halogens is 6. The van der Waals surface area contributed by atoms with Gasteiger partial charge in [0.1, 0.15) is 28.9 Å². The fourth-order valence-corrected chi connectivity index (χ4v) is 9.42. The summed E-state index contributed by atoms with van der Waals surface area (Å²) in [6, 6.07) is 24.2. The monoisotopic (exact) mass is 940 g/mol. The fraction of sp³-hybridized carbons (Fsp3) is 0.408. The molecule has 2 unspecified atom stereocenters. The zero-order valence-electron chi connectivity index (χ0n) is 36.8. The number of carbonyl (C=O) groups excluding carboxylic acids is 5. The van der Waals surface area contributed by atoms with Crippen LogP contribution in [0, 0.1) is 35.1 Å². The molecule has 0 spiro atoms. The van der Waals surface area contributed by atoms with E-state index in [0.717, 1.165) is 41.5 Å². The van der Waals surface area contributed by atoms with Crippen LogP contribution in [0.1, 0.15) is 68.7 Å². The topological polar surface area (TPSA) is 116 Å². The van der Waals surface area contributed by atoms with Crippen LogP contribution in [-0.4, -0.2) is 89.0 Å². The molecule has 2 aliphatic carbocycles. The van der Waals surface area contributed by atoms with Gasteiger partial charge in [0.15, 0.2) is 11.6 Å². The van der Waals surface area contributed by atoms with Gasteiger partial charge in [0.2, 0.25) is 11.8 Å². The number of benzene rings is 4. The number of amides is 3. The van der Waals surface area contributed by atoms with Gasteiger partial charge in [-0.15, -0.1) is 24.8 Å². The number of hydrogen-bond donors (Lipinski definition) is 1. The molecule has 2 saturated heterocycles. The molecule has 10 nitrogen and oxygen atoms in total. The first kappa shape index (κ1) is 50.7. The molecule has 16 heteroatoms. The quantitative estimate of drug-likeness (QED) is 0.113. The lowest BCUT2D eigenvalue weighted by molar-refractivity contribution is -0.137. The molecule has 6 atom stereocenters. The van der Waals surface area contributed by atoms with Crippen LogP contribution in [0.3, 0.4) is 0 Å². The Balaban J connectivity index is 0.000000242. The number of hydrogen-bond acceptors (Lipinski definition) is 7. The number of piperidine rings is 2. The van der Waals surface area contributed by atoms with Gasteiger partial charge in [-0.2, -0.15) is 0 Å². The van der Waals surface area contributed by atoms with E-state index in [-0.39, 0.29) is 66.9 Å². The summed E-state index contributed by atoms with van der Waals surface area (Å²) in [5, 5.41) is 3.13. The first-order valence-corrected chi connectivity index (χ1v) is 21.1. The Hall–Kier alpha value is -5.31. The van der Waals surface area contributed by atoms with E-state index < -0.39 is 76.0 Å². The van der Waals surface area contributed by atoms with Gasteiger partial charge in [0, 0.05) is 51.1 Å². The second kappa shape index (κ2) is 20.1. The van der Waals surface area contributed by atoms with Crippen LogP contribution in [0.5, 0.6) is 0 Å². The summed E-state index contributed by atoms with van der Waals surface area (Å²) in [6.07, 6.45) is -0.239. The molecular formula is C49H54Cl2F4N4O6. The van der Waals surface area contributed by atoms with Crippen molar-refractivity contribution < 1.29 is 46.3 Å². The van der Waals surface area contributed by atoms with Gasteiger partial charge in [-0.05, 0) is 104 Å². The van der Waals surface area contributed by atoms with Crippen molar-refractivity contribution in [1.82, 2.24) is 20.0 Å². The van der Waals surface area contributed by atoms with Crippen molar-refractivity contribution in [2.45, 2.75) is 88.1 Å². The first-order valence-electron chi connectivity index (χ1n) is 21.1. The highest BCUT2D eigenvalue weighted by Crippen LogP contribution is 2.63. The van der Waals surface area contributed by atoms with Crippen molar-refractivity contribution in [3.8, 4) is 0 Å². The normalized spacial score (nSPS) is 23.2. The average Bonchev–Trinajstić information content (AvgIpc) is 4.07. The lowest BCUT2D eigenvalue weighted by atomic mass is 9.92. The molecule has 4 aromatic carbocycles. The maximum absolute atomic E-state index is 14.7. The minimum atomic E-state index is -0.943. The number of fused-ring (bicyclic) bond motifs is 2. The van der Waals surface area contributed by atoms with Crippen molar-refractivity contribution in [2.24, 2.45) is 11.8 Å².